The average Bonchev–Trinajstić information content (AvgIpc) is 3.64. The van der Waals surface area contributed by atoms with Crippen LogP contribution in [-0.2, 0) is 26.5 Å². The summed E-state index contributed by atoms with van der Waals surface area (Å²) in [6.07, 6.45) is 5.66. The summed E-state index contributed by atoms with van der Waals surface area (Å²) in [5, 5.41) is 2.23. The maximum Gasteiger partial charge on any atom is 0.135 e. The van der Waals surface area contributed by atoms with Gasteiger partial charge in [0.15, 0.2) is 0 Å². The Bertz CT molecular complexity index is 2360. The van der Waals surface area contributed by atoms with E-state index in [0.29, 0.717) is 17.4 Å². The molecule has 50 heavy (non-hydrogen) atoms. The molecule has 0 amide bonds. The van der Waals surface area contributed by atoms with Crippen molar-refractivity contribution in [1.29, 1.82) is 0 Å². The minimum absolute atomic E-state index is 0. The van der Waals surface area contributed by atoms with Gasteiger partial charge in [-0.1, -0.05) is 70.1 Å². The van der Waals surface area contributed by atoms with Crippen LogP contribution >= 0.6 is 0 Å². The van der Waals surface area contributed by atoms with Gasteiger partial charge in [-0.3, -0.25) is 0 Å². The van der Waals surface area contributed by atoms with E-state index >= 15 is 0 Å². The molecule has 1 aliphatic rings. The van der Waals surface area contributed by atoms with Crippen LogP contribution in [0.15, 0.2) is 104 Å². The number of aromatic nitrogens is 4. The Morgan fingerprint density at radius 2 is 1.58 bits per heavy atom. The van der Waals surface area contributed by atoms with Crippen molar-refractivity contribution in [2.45, 2.75) is 52.9 Å². The Labute approximate surface area is 307 Å². The number of pyridine rings is 3. The van der Waals surface area contributed by atoms with Crippen LogP contribution in [-0.4, -0.2) is 19.5 Å². The van der Waals surface area contributed by atoms with Crippen LogP contribution in [0.25, 0.3) is 27.6 Å². The zero-order valence-corrected chi connectivity index (χ0v) is 31.1. The number of anilines is 4. The van der Waals surface area contributed by atoms with Crippen LogP contribution in [0.2, 0.25) is 0 Å². The zero-order chi connectivity index (χ0) is 33.9. The summed E-state index contributed by atoms with van der Waals surface area (Å²) in [6.45, 7) is 15.1. The second-order valence-corrected chi connectivity index (χ2v) is 13.9. The van der Waals surface area contributed by atoms with E-state index < -0.39 is 0 Å². The molecule has 1 aliphatic heterocycles. The topological polar surface area (TPSA) is 59.3 Å². The van der Waals surface area contributed by atoms with Crippen LogP contribution in [0.1, 0.15) is 57.2 Å². The molecule has 0 radical (unpaired) electrons. The molecule has 8 heteroatoms. The molecular formula is C42H37N6OPt-3. The summed E-state index contributed by atoms with van der Waals surface area (Å²) >= 11 is 0. The van der Waals surface area contributed by atoms with Gasteiger partial charge in [0, 0.05) is 56.7 Å². The number of ether oxygens (including phenoxy) is 1. The van der Waals surface area contributed by atoms with Gasteiger partial charge >= 0.3 is 0 Å². The molecule has 0 spiro atoms. The maximum atomic E-state index is 6.47. The molecular weight excluding hydrogens is 800 g/mol. The predicted octanol–water partition coefficient (Wildman–Crippen LogP) is 10.5. The monoisotopic (exact) mass is 836 g/mol. The second-order valence-electron chi connectivity index (χ2n) is 13.9. The van der Waals surface area contributed by atoms with E-state index in [2.05, 4.69) is 118 Å². The summed E-state index contributed by atoms with van der Waals surface area (Å²) in [7, 11) is 0. The van der Waals surface area contributed by atoms with Crippen molar-refractivity contribution in [3.63, 3.8) is 0 Å². The van der Waals surface area contributed by atoms with Gasteiger partial charge in [-0.05, 0) is 70.7 Å². The zero-order valence-electron chi connectivity index (χ0n) is 28.9. The van der Waals surface area contributed by atoms with Crippen LogP contribution in [0.4, 0.5) is 23.0 Å². The predicted molar refractivity (Wildman–Crippen MR) is 197 cm³/mol. The summed E-state index contributed by atoms with van der Waals surface area (Å²) in [5.41, 5.74) is 7.25. The number of fused-ring (bicyclic) bond motifs is 4. The Kier molecular flexibility index (Phi) is 8.73. The third kappa shape index (κ3) is 5.94. The second kappa shape index (κ2) is 13.0. The molecule has 254 valence electrons. The smallest absolute Gasteiger partial charge is 0.135 e. The Morgan fingerprint density at radius 1 is 0.760 bits per heavy atom. The summed E-state index contributed by atoms with van der Waals surface area (Å²) in [6, 6.07) is 35.9. The molecule has 7 aromatic rings. The maximum absolute atomic E-state index is 6.47. The van der Waals surface area contributed by atoms with E-state index in [1.165, 1.54) is 11.1 Å². The van der Waals surface area contributed by atoms with Crippen molar-refractivity contribution in [2.75, 3.05) is 9.80 Å². The summed E-state index contributed by atoms with van der Waals surface area (Å²) < 4.78 is 8.65. The molecule has 0 N–H and O–H groups in total. The molecule has 0 fully saturated rings. The van der Waals surface area contributed by atoms with E-state index in [-0.39, 0.29) is 26.5 Å². The number of benzene rings is 3. The Balaban J connectivity index is 0.00000392. The number of hydrogen-bond acceptors (Lipinski definition) is 6. The van der Waals surface area contributed by atoms with Gasteiger partial charge < -0.3 is 19.1 Å². The molecule has 7 nitrogen and oxygen atoms in total. The van der Waals surface area contributed by atoms with Gasteiger partial charge in [0.1, 0.15) is 17.5 Å². The van der Waals surface area contributed by atoms with Gasteiger partial charge in [-0.2, -0.15) is 12.1 Å². The number of rotatable bonds is 6. The largest absolute Gasteiger partial charge is 0.509 e. The van der Waals surface area contributed by atoms with E-state index in [1.54, 1.807) is 6.20 Å². The fraction of sp³-hybridized carbons (Fsp3) is 0.190. The van der Waals surface area contributed by atoms with Gasteiger partial charge in [-0.25, -0.2) is 15.0 Å². The number of nitrogens with zero attached hydrogens (tertiary/aromatic N) is 6. The molecule has 0 bridgehead atoms. The summed E-state index contributed by atoms with van der Waals surface area (Å²) in [4.78, 5) is 18.5. The first kappa shape index (κ1) is 33.5. The molecule has 8 rings (SSSR count). The minimum atomic E-state index is -0.0111. The molecule has 3 aromatic carbocycles. The van der Waals surface area contributed by atoms with Crippen molar-refractivity contribution in [3.8, 4) is 17.3 Å². The Hall–Kier alpha value is -5.00. The van der Waals surface area contributed by atoms with Gasteiger partial charge in [-0.15, -0.1) is 42.4 Å². The molecule has 0 aliphatic carbocycles. The first-order chi connectivity index (χ1) is 23.7. The van der Waals surface area contributed by atoms with Gasteiger partial charge in [0.25, 0.3) is 0 Å². The fourth-order valence-electron chi connectivity index (χ4n) is 6.43. The van der Waals surface area contributed by atoms with Crippen molar-refractivity contribution < 1.29 is 25.8 Å². The van der Waals surface area contributed by atoms with Crippen molar-refractivity contribution in [3.05, 3.63) is 139 Å². The number of para-hydroxylation sites is 1. The van der Waals surface area contributed by atoms with Gasteiger partial charge in [0.2, 0.25) is 0 Å². The van der Waals surface area contributed by atoms with E-state index in [4.69, 9.17) is 19.7 Å². The number of aryl methyl sites for hydroxylation is 1. The van der Waals surface area contributed by atoms with E-state index in [9.17, 15) is 0 Å². The molecule has 0 unspecified atom stereocenters. The third-order valence-electron chi connectivity index (χ3n) is 9.08. The molecule has 0 saturated carbocycles. The quantitative estimate of drug-likeness (QED) is 0.156. The van der Waals surface area contributed by atoms with Crippen LogP contribution in [0.5, 0.6) is 11.5 Å². The average molecular weight is 837 g/mol. The van der Waals surface area contributed by atoms with Crippen LogP contribution in [0.3, 0.4) is 0 Å². The molecule has 4 aromatic heterocycles. The molecule has 0 atom stereocenters. The molecule has 5 heterocycles. The molecule has 0 saturated heterocycles. The van der Waals surface area contributed by atoms with Crippen molar-refractivity contribution in [1.82, 2.24) is 19.5 Å². The standard InChI is InChI=1S/C42H37N6O.Pt/c1-27(2)29-21-28(3)40(45-25-29)47-26-46(41-37(47)15-10-19-44-41)31-11-9-12-32(23-31)49-33-16-17-35-34-13-7-8-14-36(34)48(38(35)24-33)39-22-30(18-20-43-39)42(4,5)6;/h7-22,25-27H,1-6H3;/q-3;. The number of hydrogen-bond donors (Lipinski definition) is 0. The Morgan fingerprint density at radius 3 is 2.38 bits per heavy atom. The van der Waals surface area contributed by atoms with Crippen LogP contribution in [0, 0.1) is 25.7 Å². The van der Waals surface area contributed by atoms with E-state index in [1.807, 2.05) is 54.3 Å². The summed E-state index contributed by atoms with van der Waals surface area (Å²) in [5.74, 6) is 4.09. The SMILES string of the molecule is Cc1cc(C(C)C)cnc1N1[CH-]N(c2[c-]c(Oc3[c-]c4c(cc3)c3ccccc3n4-c3cc(C(C)(C)C)ccn3)ccc2)c2ncccc21.[Pt]. The van der Waals surface area contributed by atoms with Crippen molar-refractivity contribution in [2.24, 2.45) is 0 Å². The fourth-order valence-corrected chi connectivity index (χ4v) is 6.43. The third-order valence-corrected chi connectivity index (χ3v) is 9.08. The normalized spacial score (nSPS) is 12.9. The van der Waals surface area contributed by atoms with E-state index in [0.717, 1.165) is 56.2 Å². The first-order valence-corrected chi connectivity index (χ1v) is 16.6. The van der Waals surface area contributed by atoms with Crippen LogP contribution < -0.4 is 14.5 Å². The van der Waals surface area contributed by atoms with Crippen molar-refractivity contribution >= 4 is 44.8 Å². The van der Waals surface area contributed by atoms with Gasteiger partial charge in [0.05, 0.1) is 5.69 Å². The minimum Gasteiger partial charge on any atom is -0.509 e. The first-order valence-electron chi connectivity index (χ1n) is 16.6.